The van der Waals surface area contributed by atoms with Crippen molar-refractivity contribution in [3.05, 3.63) is 30.5 Å². The van der Waals surface area contributed by atoms with Crippen LogP contribution in [0.25, 0.3) is 10.9 Å². The number of carbonyl (C=O) groups is 1. The molecule has 0 spiro atoms. The maximum atomic E-state index is 12.1. The molecule has 4 nitrogen and oxygen atoms in total. The van der Waals surface area contributed by atoms with E-state index in [1.807, 2.05) is 6.07 Å². The van der Waals surface area contributed by atoms with Crippen molar-refractivity contribution in [2.75, 3.05) is 11.9 Å². The number of benzene rings is 1. The summed E-state index contributed by atoms with van der Waals surface area (Å²) in [6.07, 6.45) is 6.08. The summed E-state index contributed by atoms with van der Waals surface area (Å²) in [6.45, 7) is 4.24. The first-order chi connectivity index (χ1) is 10.3. The van der Waals surface area contributed by atoms with Gasteiger partial charge in [0.15, 0.2) is 0 Å². The maximum Gasteiger partial charge on any atom is 0.225 e. The van der Waals surface area contributed by atoms with Gasteiger partial charge >= 0.3 is 0 Å². The van der Waals surface area contributed by atoms with Gasteiger partial charge < -0.3 is 15.2 Å². The lowest BCUT2D eigenvalue weighted by Crippen LogP contribution is -2.27. The van der Waals surface area contributed by atoms with Gasteiger partial charge in [0.2, 0.25) is 5.91 Å². The van der Waals surface area contributed by atoms with Gasteiger partial charge in [-0.15, -0.1) is 0 Å². The second-order valence-electron chi connectivity index (χ2n) is 5.83. The van der Waals surface area contributed by atoms with Crippen molar-refractivity contribution in [2.24, 2.45) is 0 Å². The summed E-state index contributed by atoms with van der Waals surface area (Å²) in [5.41, 5.74) is 2.12. The van der Waals surface area contributed by atoms with Gasteiger partial charge in [0, 0.05) is 41.8 Å². The number of carbonyl (C=O) groups excluding carboxylic acids is 1. The third-order valence-corrected chi connectivity index (χ3v) is 4.11. The molecule has 1 aromatic carbocycles. The summed E-state index contributed by atoms with van der Waals surface area (Å²) in [6, 6.07) is 8.60. The predicted octanol–water partition coefficient (Wildman–Crippen LogP) is 3.13. The van der Waals surface area contributed by atoms with E-state index in [-0.39, 0.29) is 5.91 Å². The van der Waals surface area contributed by atoms with E-state index < -0.39 is 0 Å². The number of hydrogen-bond acceptors (Lipinski definition) is 2. The largest absolute Gasteiger partial charge is 0.347 e. The molecule has 3 rings (SSSR count). The van der Waals surface area contributed by atoms with Gasteiger partial charge in [0.1, 0.15) is 0 Å². The van der Waals surface area contributed by atoms with E-state index in [1.165, 1.54) is 17.3 Å². The van der Waals surface area contributed by atoms with Crippen LogP contribution in [0.15, 0.2) is 30.5 Å². The van der Waals surface area contributed by atoms with Crippen LogP contribution in [-0.2, 0) is 11.3 Å². The van der Waals surface area contributed by atoms with E-state index in [4.69, 9.17) is 0 Å². The molecular formula is C17H23N3O. The van der Waals surface area contributed by atoms with Crippen molar-refractivity contribution in [1.82, 2.24) is 9.88 Å². The number of anilines is 1. The summed E-state index contributed by atoms with van der Waals surface area (Å²) in [5, 5.41) is 7.55. The standard InChI is InChI=1S/C17H23N3O/c1-2-9-20-10-7-13-11-15(5-6-16(13)20)19-17(21)12-14-4-3-8-18-14/h5-7,10-11,14,18H,2-4,8-9,12H2,1H3,(H,19,21). The number of nitrogens with one attached hydrogen (secondary N) is 2. The Morgan fingerprint density at radius 2 is 2.33 bits per heavy atom. The zero-order chi connectivity index (χ0) is 14.7. The summed E-state index contributed by atoms with van der Waals surface area (Å²) in [5.74, 6) is 0.0988. The highest BCUT2D eigenvalue weighted by molar-refractivity contribution is 5.94. The Balaban J connectivity index is 1.67. The monoisotopic (exact) mass is 285 g/mol. The third kappa shape index (κ3) is 3.27. The van der Waals surface area contributed by atoms with Crippen LogP contribution in [0.5, 0.6) is 0 Å². The number of aromatic nitrogens is 1. The zero-order valence-electron chi connectivity index (χ0n) is 12.6. The number of nitrogens with zero attached hydrogens (tertiary/aromatic N) is 1. The molecular weight excluding hydrogens is 262 g/mol. The van der Waals surface area contributed by atoms with Crippen molar-refractivity contribution >= 4 is 22.5 Å². The van der Waals surface area contributed by atoms with Crippen molar-refractivity contribution in [3.8, 4) is 0 Å². The molecule has 1 aromatic heterocycles. The Kier molecular flexibility index (Phi) is 4.25. The Morgan fingerprint density at radius 1 is 1.43 bits per heavy atom. The maximum absolute atomic E-state index is 12.1. The quantitative estimate of drug-likeness (QED) is 0.886. The highest BCUT2D eigenvalue weighted by atomic mass is 16.1. The molecule has 1 saturated heterocycles. The van der Waals surface area contributed by atoms with Gasteiger partial charge in [0.05, 0.1) is 0 Å². The van der Waals surface area contributed by atoms with Crippen LogP contribution in [0.1, 0.15) is 32.6 Å². The molecule has 0 bridgehead atoms. The molecule has 1 atom stereocenters. The molecule has 0 radical (unpaired) electrons. The molecule has 2 aromatic rings. The first-order valence-corrected chi connectivity index (χ1v) is 7.88. The fourth-order valence-corrected chi connectivity index (χ4v) is 3.08. The predicted molar refractivity (Wildman–Crippen MR) is 86.5 cm³/mol. The van der Waals surface area contributed by atoms with Gasteiger partial charge in [-0.3, -0.25) is 4.79 Å². The highest BCUT2D eigenvalue weighted by Gasteiger charge is 2.17. The van der Waals surface area contributed by atoms with Crippen LogP contribution in [-0.4, -0.2) is 23.1 Å². The van der Waals surface area contributed by atoms with Gasteiger partial charge in [-0.1, -0.05) is 6.92 Å². The van der Waals surface area contributed by atoms with Gasteiger partial charge in [0.25, 0.3) is 0 Å². The minimum Gasteiger partial charge on any atom is -0.347 e. The van der Waals surface area contributed by atoms with Crippen LogP contribution in [0.4, 0.5) is 5.69 Å². The minimum absolute atomic E-state index is 0.0988. The molecule has 1 aliphatic heterocycles. The van der Waals surface area contributed by atoms with Crippen molar-refractivity contribution in [1.29, 1.82) is 0 Å². The number of aryl methyl sites for hydroxylation is 1. The van der Waals surface area contributed by atoms with Gasteiger partial charge in [-0.2, -0.15) is 0 Å². The van der Waals surface area contributed by atoms with E-state index in [1.54, 1.807) is 0 Å². The summed E-state index contributed by atoms with van der Waals surface area (Å²) in [7, 11) is 0. The molecule has 21 heavy (non-hydrogen) atoms. The number of amides is 1. The lowest BCUT2D eigenvalue weighted by atomic mass is 10.1. The fraction of sp³-hybridized carbons (Fsp3) is 0.471. The van der Waals surface area contributed by atoms with E-state index in [0.717, 1.165) is 31.6 Å². The van der Waals surface area contributed by atoms with Crippen LogP contribution in [0.2, 0.25) is 0 Å². The first kappa shape index (κ1) is 14.1. The normalized spacial score (nSPS) is 18.2. The number of rotatable bonds is 5. The Morgan fingerprint density at radius 3 is 3.10 bits per heavy atom. The molecule has 1 unspecified atom stereocenters. The molecule has 4 heteroatoms. The number of hydrogen-bond donors (Lipinski definition) is 2. The van der Waals surface area contributed by atoms with Crippen molar-refractivity contribution < 1.29 is 4.79 Å². The van der Waals surface area contributed by atoms with Gasteiger partial charge in [-0.25, -0.2) is 0 Å². The molecule has 1 amide bonds. The van der Waals surface area contributed by atoms with Crippen LogP contribution in [0.3, 0.4) is 0 Å². The smallest absolute Gasteiger partial charge is 0.225 e. The van der Waals surface area contributed by atoms with Crippen molar-refractivity contribution in [3.63, 3.8) is 0 Å². The minimum atomic E-state index is 0.0988. The lowest BCUT2D eigenvalue weighted by Gasteiger charge is -2.11. The van der Waals surface area contributed by atoms with Crippen LogP contribution < -0.4 is 10.6 Å². The van der Waals surface area contributed by atoms with Crippen LogP contribution >= 0.6 is 0 Å². The first-order valence-electron chi connectivity index (χ1n) is 7.88. The SMILES string of the molecule is CCCn1ccc2cc(NC(=O)CC3CCCN3)ccc21. The van der Waals surface area contributed by atoms with E-state index in [0.29, 0.717) is 12.5 Å². The van der Waals surface area contributed by atoms with Gasteiger partial charge in [-0.05, 0) is 50.1 Å². The Labute approximate surface area is 125 Å². The lowest BCUT2D eigenvalue weighted by molar-refractivity contribution is -0.116. The van der Waals surface area contributed by atoms with E-state index in [9.17, 15) is 4.79 Å². The average molecular weight is 285 g/mol. The summed E-state index contributed by atoms with van der Waals surface area (Å²) < 4.78 is 2.25. The van der Waals surface area contributed by atoms with E-state index in [2.05, 4.69) is 46.5 Å². The molecule has 1 aliphatic rings. The summed E-state index contributed by atoms with van der Waals surface area (Å²) >= 11 is 0. The Bertz CT molecular complexity index is 626. The number of fused-ring (bicyclic) bond motifs is 1. The average Bonchev–Trinajstić information content (AvgIpc) is 3.09. The molecule has 112 valence electrons. The third-order valence-electron chi connectivity index (χ3n) is 4.11. The fourth-order valence-electron chi connectivity index (χ4n) is 3.08. The zero-order valence-corrected chi connectivity index (χ0v) is 12.6. The van der Waals surface area contributed by atoms with Crippen molar-refractivity contribution in [2.45, 2.75) is 45.2 Å². The van der Waals surface area contributed by atoms with Crippen LogP contribution in [0, 0.1) is 0 Å². The molecule has 1 fully saturated rings. The molecule has 0 saturated carbocycles. The second kappa shape index (κ2) is 6.31. The Hall–Kier alpha value is -1.81. The highest BCUT2D eigenvalue weighted by Crippen LogP contribution is 2.21. The summed E-state index contributed by atoms with van der Waals surface area (Å²) in [4.78, 5) is 12.1. The molecule has 2 N–H and O–H groups in total. The molecule has 0 aliphatic carbocycles. The second-order valence-corrected chi connectivity index (χ2v) is 5.83. The van der Waals surface area contributed by atoms with E-state index >= 15 is 0 Å². The molecule has 2 heterocycles. The topological polar surface area (TPSA) is 46.1 Å².